The minimum Gasteiger partial charge on any atom is -0.496 e. The molecule has 4 rings (SSSR count). The molecule has 0 bridgehead atoms. The van der Waals surface area contributed by atoms with Gasteiger partial charge in [0.1, 0.15) is 5.75 Å². The zero-order valence-corrected chi connectivity index (χ0v) is 19.6. The highest BCUT2D eigenvalue weighted by atomic mass is 79.9. The van der Waals surface area contributed by atoms with E-state index in [2.05, 4.69) is 53.4 Å². The van der Waals surface area contributed by atoms with Crippen molar-refractivity contribution in [1.29, 1.82) is 0 Å². The van der Waals surface area contributed by atoms with E-state index >= 15 is 0 Å². The summed E-state index contributed by atoms with van der Waals surface area (Å²) in [5, 5.41) is 12.0. The summed E-state index contributed by atoms with van der Waals surface area (Å²) in [6.07, 6.45) is 5.40. The molecule has 1 aromatic heterocycles. The highest BCUT2D eigenvalue weighted by Crippen LogP contribution is 2.25. The van der Waals surface area contributed by atoms with Gasteiger partial charge >= 0.3 is 0 Å². The fourth-order valence-corrected chi connectivity index (χ4v) is 4.77. The highest BCUT2D eigenvalue weighted by Gasteiger charge is 2.26. The Balaban J connectivity index is 1.27. The molecule has 31 heavy (non-hydrogen) atoms. The van der Waals surface area contributed by atoms with Gasteiger partial charge in [-0.25, -0.2) is 0 Å². The van der Waals surface area contributed by atoms with Gasteiger partial charge in [-0.05, 0) is 62.4 Å². The second-order valence-corrected chi connectivity index (χ2v) is 9.15. The van der Waals surface area contributed by atoms with Crippen molar-refractivity contribution in [3.05, 3.63) is 40.4 Å². The first-order chi connectivity index (χ1) is 15.1. The lowest BCUT2D eigenvalue weighted by atomic mass is 9.96. The summed E-state index contributed by atoms with van der Waals surface area (Å²) < 4.78 is 6.36. The SMILES string of the molecule is COc1ccc(Br)cc1CNC(=O)C1CCN(c2ccc(N3CCCCC3)nn2)CC1. The molecule has 7 nitrogen and oxygen atoms in total. The van der Waals surface area contributed by atoms with E-state index in [1.165, 1.54) is 19.3 Å². The number of rotatable bonds is 6. The zero-order chi connectivity index (χ0) is 21.6. The van der Waals surface area contributed by atoms with Gasteiger partial charge in [-0.2, -0.15) is 0 Å². The lowest BCUT2D eigenvalue weighted by Gasteiger charge is -2.32. The van der Waals surface area contributed by atoms with E-state index in [1.807, 2.05) is 18.2 Å². The molecule has 2 aliphatic heterocycles. The topological polar surface area (TPSA) is 70.6 Å². The summed E-state index contributed by atoms with van der Waals surface area (Å²) in [7, 11) is 1.65. The Bertz CT molecular complexity index is 878. The molecule has 0 saturated carbocycles. The average molecular weight is 488 g/mol. The van der Waals surface area contributed by atoms with Crippen LogP contribution in [-0.2, 0) is 11.3 Å². The molecule has 2 saturated heterocycles. The smallest absolute Gasteiger partial charge is 0.223 e. The number of nitrogens with zero attached hydrogens (tertiary/aromatic N) is 4. The molecular formula is C23H30BrN5O2. The number of anilines is 2. The molecule has 0 radical (unpaired) electrons. The maximum atomic E-state index is 12.7. The number of methoxy groups -OCH3 is 1. The molecule has 1 N–H and O–H groups in total. The van der Waals surface area contributed by atoms with Gasteiger partial charge in [-0.15, -0.1) is 10.2 Å². The third-order valence-corrected chi connectivity index (χ3v) is 6.69. The number of benzene rings is 1. The number of hydrogen-bond acceptors (Lipinski definition) is 6. The molecule has 2 fully saturated rings. The van der Waals surface area contributed by atoms with Gasteiger partial charge in [0.2, 0.25) is 5.91 Å². The molecular weight excluding hydrogens is 458 g/mol. The molecule has 2 aliphatic rings. The minimum absolute atomic E-state index is 0.0231. The second-order valence-electron chi connectivity index (χ2n) is 8.23. The van der Waals surface area contributed by atoms with Crippen molar-refractivity contribution >= 4 is 33.5 Å². The molecule has 3 heterocycles. The van der Waals surface area contributed by atoms with E-state index in [4.69, 9.17) is 4.74 Å². The predicted molar refractivity (Wildman–Crippen MR) is 126 cm³/mol. The van der Waals surface area contributed by atoms with Gasteiger partial charge in [0.15, 0.2) is 11.6 Å². The van der Waals surface area contributed by atoms with Crippen LogP contribution in [0.25, 0.3) is 0 Å². The van der Waals surface area contributed by atoms with Crippen LogP contribution in [0.4, 0.5) is 11.6 Å². The molecule has 0 unspecified atom stereocenters. The van der Waals surface area contributed by atoms with Crippen molar-refractivity contribution in [3.8, 4) is 5.75 Å². The van der Waals surface area contributed by atoms with Crippen LogP contribution >= 0.6 is 15.9 Å². The van der Waals surface area contributed by atoms with Gasteiger partial charge in [0, 0.05) is 48.7 Å². The van der Waals surface area contributed by atoms with Crippen LogP contribution in [-0.4, -0.2) is 49.4 Å². The third kappa shape index (κ3) is 5.47. The normalized spacial score (nSPS) is 17.5. The number of aromatic nitrogens is 2. The summed E-state index contributed by atoms with van der Waals surface area (Å²) >= 11 is 3.48. The van der Waals surface area contributed by atoms with E-state index < -0.39 is 0 Å². The molecule has 1 amide bonds. The number of carbonyl (C=O) groups excluding carboxylic acids is 1. The van der Waals surface area contributed by atoms with Crippen molar-refractivity contribution in [1.82, 2.24) is 15.5 Å². The summed E-state index contributed by atoms with van der Waals surface area (Å²) in [4.78, 5) is 17.3. The average Bonchev–Trinajstić information content (AvgIpc) is 2.83. The van der Waals surface area contributed by atoms with Crippen LogP contribution in [0.3, 0.4) is 0 Å². The summed E-state index contributed by atoms with van der Waals surface area (Å²) in [6.45, 7) is 4.23. The van der Waals surface area contributed by atoms with Crippen molar-refractivity contribution in [2.75, 3.05) is 43.1 Å². The summed E-state index contributed by atoms with van der Waals surface area (Å²) in [6, 6.07) is 9.96. The number of nitrogens with one attached hydrogen (secondary N) is 1. The Kier molecular flexibility index (Phi) is 7.27. The Hall–Kier alpha value is -2.35. The number of hydrogen-bond donors (Lipinski definition) is 1. The minimum atomic E-state index is 0.0231. The van der Waals surface area contributed by atoms with Crippen LogP contribution < -0.4 is 19.9 Å². The fourth-order valence-electron chi connectivity index (χ4n) is 4.36. The van der Waals surface area contributed by atoms with Crippen molar-refractivity contribution in [3.63, 3.8) is 0 Å². The van der Waals surface area contributed by atoms with Crippen LogP contribution in [0.2, 0.25) is 0 Å². The second kappa shape index (κ2) is 10.3. The predicted octanol–water partition coefficient (Wildman–Crippen LogP) is 3.77. The van der Waals surface area contributed by atoms with Crippen LogP contribution in [0.1, 0.15) is 37.7 Å². The van der Waals surface area contributed by atoms with Gasteiger partial charge in [0.05, 0.1) is 7.11 Å². The van der Waals surface area contributed by atoms with E-state index in [0.717, 1.165) is 66.4 Å². The maximum Gasteiger partial charge on any atom is 0.223 e. The van der Waals surface area contributed by atoms with E-state index in [9.17, 15) is 4.79 Å². The standard InChI is InChI=1S/C23H30BrN5O2/c1-31-20-6-5-19(24)15-18(20)16-25-23(30)17-9-13-29(14-10-17)22-8-7-21(26-27-22)28-11-3-2-4-12-28/h5-8,15,17H,2-4,9-14,16H2,1H3,(H,25,30). The number of carbonyl (C=O) groups is 1. The Morgan fingerprint density at radius 1 is 1.03 bits per heavy atom. The molecule has 0 spiro atoms. The first-order valence-electron chi connectivity index (χ1n) is 11.1. The maximum absolute atomic E-state index is 12.7. The molecule has 166 valence electrons. The third-order valence-electron chi connectivity index (χ3n) is 6.20. The molecule has 0 atom stereocenters. The van der Waals surface area contributed by atoms with Crippen molar-refractivity contribution < 1.29 is 9.53 Å². The van der Waals surface area contributed by atoms with E-state index in [0.29, 0.717) is 6.54 Å². The fraction of sp³-hybridized carbons (Fsp3) is 0.522. The zero-order valence-electron chi connectivity index (χ0n) is 18.0. The Morgan fingerprint density at radius 2 is 1.68 bits per heavy atom. The number of halogens is 1. The largest absolute Gasteiger partial charge is 0.496 e. The highest BCUT2D eigenvalue weighted by molar-refractivity contribution is 9.10. The van der Waals surface area contributed by atoms with Crippen LogP contribution in [0.15, 0.2) is 34.8 Å². The van der Waals surface area contributed by atoms with E-state index in [-0.39, 0.29) is 11.8 Å². The van der Waals surface area contributed by atoms with Gasteiger partial charge in [0.25, 0.3) is 0 Å². The molecule has 0 aliphatic carbocycles. The molecule has 8 heteroatoms. The quantitative estimate of drug-likeness (QED) is 0.668. The Morgan fingerprint density at radius 3 is 2.29 bits per heavy atom. The van der Waals surface area contributed by atoms with Crippen molar-refractivity contribution in [2.24, 2.45) is 5.92 Å². The number of piperidine rings is 2. The first-order valence-corrected chi connectivity index (χ1v) is 11.9. The van der Waals surface area contributed by atoms with Gasteiger partial charge in [-0.1, -0.05) is 15.9 Å². The Labute approximate surface area is 192 Å². The number of amides is 1. The van der Waals surface area contributed by atoms with Crippen LogP contribution in [0.5, 0.6) is 5.75 Å². The number of ether oxygens (including phenoxy) is 1. The molecule has 1 aromatic carbocycles. The summed E-state index contributed by atoms with van der Waals surface area (Å²) in [5.41, 5.74) is 0.965. The monoisotopic (exact) mass is 487 g/mol. The van der Waals surface area contributed by atoms with E-state index in [1.54, 1.807) is 7.11 Å². The lowest BCUT2D eigenvalue weighted by molar-refractivity contribution is -0.125. The molecule has 2 aromatic rings. The summed E-state index contributed by atoms with van der Waals surface area (Å²) in [5.74, 6) is 2.78. The van der Waals surface area contributed by atoms with Gasteiger partial charge in [-0.3, -0.25) is 4.79 Å². The van der Waals surface area contributed by atoms with Gasteiger partial charge < -0.3 is 19.9 Å². The first kappa shape index (κ1) is 21.9. The van der Waals surface area contributed by atoms with Crippen LogP contribution in [0, 0.1) is 5.92 Å². The van der Waals surface area contributed by atoms with Crippen molar-refractivity contribution in [2.45, 2.75) is 38.6 Å². The lowest BCUT2D eigenvalue weighted by Crippen LogP contribution is -2.40.